The molecule has 0 spiro atoms. The van der Waals surface area contributed by atoms with E-state index >= 15 is 0 Å². The largest absolute Gasteiger partial charge is 0.365 e. The number of nitrogens with two attached hydrogens (primary N) is 2. The minimum Gasteiger partial charge on any atom is -0.365 e. The van der Waals surface area contributed by atoms with E-state index in [0.29, 0.717) is 0 Å². The first kappa shape index (κ1) is 10.2. The lowest BCUT2D eigenvalue weighted by atomic mass is 10.2. The summed E-state index contributed by atoms with van der Waals surface area (Å²) >= 11 is 0. The third-order valence-corrected chi connectivity index (χ3v) is 1.73. The number of aryl methyl sites for hydroxylation is 1. The second kappa shape index (κ2) is 4.41. The Hall–Kier alpha value is -1.84. The van der Waals surface area contributed by atoms with Crippen molar-refractivity contribution in [2.75, 3.05) is 0 Å². The van der Waals surface area contributed by atoms with Gasteiger partial charge in [0.1, 0.15) is 0 Å². The molecule has 0 saturated carbocycles. The standard InChI is InChI=1S/C10H15N4/c1-3-14(13-10(11)12)9-6-4-5-8(2)7-9/h3-7H,1-2H3,(H4,11,12,13)/q+1. The maximum atomic E-state index is 5.31. The summed E-state index contributed by atoms with van der Waals surface area (Å²) in [5, 5.41) is 3.96. The number of nitrogens with zero attached hydrogens (tertiary/aromatic N) is 2. The maximum absolute atomic E-state index is 5.31. The van der Waals surface area contributed by atoms with Crippen molar-refractivity contribution in [3.63, 3.8) is 0 Å². The fraction of sp³-hybridized carbons (Fsp3) is 0.200. The normalized spacial score (nSPS) is 11.1. The van der Waals surface area contributed by atoms with Crippen LogP contribution < -0.4 is 11.5 Å². The third kappa shape index (κ3) is 2.58. The molecule has 0 amide bonds. The highest BCUT2D eigenvalue weighted by atomic mass is 15.4. The van der Waals surface area contributed by atoms with Gasteiger partial charge in [0.2, 0.25) is 5.69 Å². The fourth-order valence-corrected chi connectivity index (χ4v) is 1.16. The number of benzene rings is 1. The molecule has 0 aliphatic heterocycles. The van der Waals surface area contributed by atoms with Gasteiger partial charge in [-0.15, -0.1) is 0 Å². The quantitative estimate of drug-likeness (QED) is 0.316. The first-order valence-corrected chi connectivity index (χ1v) is 4.38. The van der Waals surface area contributed by atoms with E-state index in [1.807, 2.05) is 38.1 Å². The molecule has 1 aromatic rings. The maximum Gasteiger partial charge on any atom is 0.257 e. The Bertz CT molecular complexity index is 375. The molecule has 4 nitrogen and oxygen atoms in total. The fourth-order valence-electron chi connectivity index (χ4n) is 1.16. The highest BCUT2D eigenvalue weighted by Crippen LogP contribution is 2.13. The average Bonchev–Trinajstić information content (AvgIpc) is 2.14. The van der Waals surface area contributed by atoms with Crippen LogP contribution in [0.3, 0.4) is 0 Å². The van der Waals surface area contributed by atoms with Crippen LogP contribution in [0.25, 0.3) is 0 Å². The number of hydrazone groups is 1. The van der Waals surface area contributed by atoms with E-state index in [1.165, 1.54) is 5.56 Å². The predicted molar refractivity (Wildman–Crippen MR) is 58.6 cm³/mol. The summed E-state index contributed by atoms with van der Waals surface area (Å²) in [7, 11) is 0. The molecule has 0 aliphatic rings. The van der Waals surface area contributed by atoms with E-state index in [2.05, 4.69) is 5.10 Å². The highest BCUT2D eigenvalue weighted by molar-refractivity contribution is 5.75. The van der Waals surface area contributed by atoms with E-state index in [9.17, 15) is 0 Å². The van der Waals surface area contributed by atoms with Crippen LogP contribution in [0.4, 0.5) is 5.69 Å². The molecule has 4 heteroatoms. The Labute approximate surface area is 83.5 Å². The Morgan fingerprint density at radius 1 is 1.43 bits per heavy atom. The predicted octanol–water partition coefficient (Wildman–Crippen LogP) is 0.918. The van der Waals surface area contributed by atoms with Crippen LogP contribution in [0.1, 0.15) is 12.5 Å². The zero-order chi connectivity index (χ0) is 10.6. The van der Waals surface area contributed by atoms with Crippen molar-refractivity contribution in [1.29, 1.82) is 0 Å². The smallest absolute Gasteiger partial charge is 0.257 e. The van der Waals surface area contributed by atoms with E-state index in [-0.39, 0.29) is 5.96 Å². The first-order valence-electron chi connectivity index (χ1n) is 4.38. The molecule has 0 bridgehead atoms. The monoisotopic (exact) mass is 191 g/mol. The Kier molecular flexibility index (Phi) is 3.23. The number of hydrogen-bond donors (Lipinski definition) is 2. The molecule has 74 valence electrons. The molecule has 4 N–H and O–H groups in total. The van der Waals surface area contributed by atoms with Gasteiger partial charge < -0.3 is 11.5 Å². The molecule has 0 saturated heterocycles. The van der Waals surface area contributed by atoms with Crippen molar-refractivity contribution in [2.45, 2.75) is 13.8 Å². The summed E-state index contributed by atoms with van der Waals surface area (Å²) in [4.78, 5) is 0. The summed E-state index contributed by atoms with van der Waals surface area (Å²) in [6.07, 6.45) is 1.80. The molecular formula is C10H15N4+. The molecule has 0 aliphatic carbocycles. The van der Waals surface area contributed by atoms with E-state index in [4.69, 9.17) is 11.5 Å². The molecular weight excluding hydrogens is 176 g/mol. The minimum absolute atomic E-state index is 0.0459. The highest BCUT2D eigenvalue weighted by Gasteiger charge is 2.06. The van der Waals surface area contributed by atoms with Crippen molar-refractivity contribution < 1.29 is 4.68 Å². The SMILES string of the molecule is CC=[N+](N=C(N)N)c1cccc(C)c1. The molecule has 0 aromatic heterocycles. The van der Waals surface area contributed by atoms with Gasteiger partial charge in [0.15, 0.2) is 6.21 Å². The van der Waals surface area contributed by atoms with Gasteiger partial charge in [0.25, 0.3) is 5.96 Å². The van der Waals surface area contributed by atoms with Crippen LogP contribution in [0.5, 0.6) is 0 Å². The summed E-state index contributed by atoms with van der Waals surface area (Å²) in [6.45, 7) is 3.89. The number of rotatable bonds is 2. The topological polar surface area (TPSA) is 67.4 Å². The van der Waals surface area contributed by atoms with Crippen LogP contribution in [0, 0.1) is 6.92 Å². The number of hydrogen-bond acceptors (Lipinski definition) is 1. The third-order valence-electron chi connectivity index (χ3n) is 1.73. The van der Waals surface area contributed by atoms with Crippen molar-refractivity contribution in [3.8, 4) is 0 Å². The Balaban J connectivity index is 3.09. The van der Waals surface area contributed by atoms with Crippen molar-refractivity contribution in [1.82, 2.24) is 0 Å². The zero-order valence-electron chi connectivity index (χ0n) is 8.44. The van der Waals surface area contributed by atoms with Gasteiger partial charge >= 0.3 is 0 Å². The van der Waals surface area contributed by atoms with Gasteiger partial charge in [-0.2, -0.15) is 0 Å². The average molecular weight is 191 g/mol. The molecule has 0 atom stereocenters. The molecule has 0 heterocycles. The molecule has 1 aromatic carbocycles. The van der Waals surface area contributed by atoms with Crippen molar-refractivity contribution in [3.05, 3.63) is 29.8 Å². The first-order chi connectivity index (χ1) is 6.63. The van der Waals surface area contributed by atoms with Crippen LogP contribution in [0.2, 0.25) is 0 Å². The van der Waals surface area contributed by atoms with Crippen LogP contribution in [0.15, 0.2) is 29.4 Å². The summed E-state index contributed by atoms with van der Waals surface area (Å²) in [5.74, 6) is 0.0459. The second-order valence-electron chi connectivity index (χ2n) is 2.97. The second-order valence-corrected chi connectivity index (χ2v) is 2.97. The van der Waals surface area contributed by atoms with Gasteiger partial charge in [0, 0.05) is 24.2 Å². The molecule has 0 unspecified atom stereocenters. The molecule has 14 heavy (non-hydrogen) atoms. The van der Waals surface area contributed by atoms with Crippen LogP contribution in [-0.4, -0.2) is 16.9 Å². The van der Waals surface area contributed by atoms with Crippen molar-refractivity contribution >= 4 is 17.9 Å². The zero-order valence-corrected chi connectivity index (χ0v) is 8.44. The lowest BCUT2D eigenvalue weighted by molar-refractivity contribution is -0.441. The van der Waals surface area contributed by atoms with E-state index in [1.54, 1.807) is 10.9 Å². The summed E-state index contributed by atoms with van der Waals surface area (Å²) in [6, 6.07) is 7.93. The van der Waals surface area contributed by atoms with Gasteiger partial charge in [-0.25, -0.2) is 0 Å². The van der Waals surface area contributed by atoms with Crippen LogP contribution in [-0.2, 0) is 0 Å². The molecule has 0 radical (unpaired) electrons. The van der Waals surface area contributed by atoms with Gasteiger partial charge in [-0.3, -0.25) is 0 Å². The van der Waals surface area contributed by atoms with E-state index in [0.717, 1.165) is 5.69 Å². The lowest BCUT2D eigenvalue weighted by Gasteiger charge is -1.95. The Morgan fingerprint density at radius 2 is 2.14 bits per heavy atom. The van der Waals surface area contributed by atoms with Crippen molar-refractivity contribution in [2.24, 2.45) is 16.6 Å². The van der Waals surface area contributed by atoms with E-state index < -0.39 is 0 Å². The van der Waals surface area contributed by atoms with Gasteiger partial charge in [-0.05, 0) is 12.5 Å². The van der Waals surface area contributed by atoms with Gasteiger partial charge in [0.05, 0.1) is 0 Å². The molecule has 1 rings (SSSR count). The summed E-state index contributed by atoms with van der Waals surface area (Å²) < 4.78 is 1.64. The van der Waals surface area contributed by atoms with Crippen LogP contribution >= 0.6 is 0 Å². The lowest BCUT2D eigenvalue weighted by Crippen LogP contribution is -2.24. The summed E-state index contributed by atoms with van der Waals surface area (Å²) in [5.41, 5.74) is 12.7. The molecule has 0 fully saturated rings. The minimum atomic E-state index is 0.0459. The van der Waals surface area contributed by atoms with Gasteiger partial charge in [-0.1, -0.05) is 16.8 Å². The number of guanidine groups is 1. The Morgan fingerprint density at radius 3 is 2.64 bits per heavy atom.